The van der Waals surface area contributed by atoms with Crippen LogP contribution in [-0.2, 0) is 0 Å². The molecule has 0 atom stereocenters. The van der Waals surface area contributed by atoms with Crippen molar-refractivity contribution in [2.24, 2.45) is 10.1 Å². The molecule has 4 nitrogen and oxygen atoms in total. The Morgan fingerprint density at radius 1 is 1.24 bits per heavy atom. The maximum absolute atomic E-state index is 14.0. The SMILES string of the molecule is CN=c1scc(-c2ccccc2F)n1N=Cc1ccc[nH]1. The van der Waals surface area contributed by atoms with Gasteiger partial charge in [-0.15, -0.1) is 11.3 Å². The van der Waals surface area contributed by atoms with E-state index in [9.17, 15) is 4.39 Å². The summed E-state index contributed by atoms with van der Waals surface area (Å²) in [6.45, 7) is 0. The Bertz CT molecular complexity index is 827. The lowest BCUT2D eigenvalue weighted by molar-refractivity contribution is 0.629. The molecule has 0 saturated heterocycles. The molecule has 1 aromatic carbocycles. The lowest BCUT2D eigenvalue weighted by Crippen LogP contribution is -2.11. The standard InChI is InChI=1S/C15H13FN4S/c1-17-15-20(19-9-11-5-4-8-18-11)14(10-21-15)12-6-2-3-7-13(12)16/h2-10,18H,1H3. The molecule has 6 heteroatoms. The van der Waals surface area contributed by atoms with Gasteiger partial charge in [-0.05, 0) is 24.3 Å². The fourth-order valence-corrected chi connectivity index (χ4v) is 2.76. The van der Waals surface area contributed by atoms with Gasteiger partial charge in [0.05, 0.1) is 17.6 Å². The molecular formula is C15H13FN4S. The Morgan fingerprint density at radius 3 is 2.81 bits per heavy atom. The molecule has 3 aromatic rings. The lowest BCUT2D eigenvalue weighted by Gasteiger charge is -2.04. The second kappa shape index (κ2) is 5.88. The molecular weight excluding hydrogens is 287 g/mol. The van der Waals surface area contributed by atoms with Crippen LogP contribution in [0.4, 0.5) is 4.39 Å². The van der Waals surface area contributed by atoms with E-state index in [0.29, 0.717) is 16.1 Å². The summed E-state index contributed by atoms with van der Waals surface area (Å²) in [5.41, 5.74) is 2.06. The predicted octanol–water partition coefficient (Wildman–Crippen LogP) is 3.10. The van der Waals surface area contributed by atoms with Crippen LogP contribution in [0.3, 0.4) is 0 Å². The molecule has 0 spiro atoms. The smallest absolute Gasteiger partial charge is 0.205 e. The highest BCUT2D eigenvalue weighted by Gasteiger charge is 2.10. The normalized spacial score (nSPS) is 12.4. The Balaban J connectivity index is 2.11. The van der Waals surface area contributed by atoms with Gasteiger partial charge in [0.1, 0.15) is 5.82 Å². The van der Waals surface area contributed by atoms with E-state index in [0.717, 1.165) is 5.69 Å². The van der Waals surface area contributed by atoms with Crippen molar-refractivity contribution in [2.75, 3.05) is 7.05 Å². The summed E-state index contributed by atoms with van der Waals surface area (Å²) in [6.07, 6.45) is 3.51. The largest absolute Gasteiger partial charge is 0.360 e. The molecule has 2 heterocycles. The Labute approximate surface area is 124 Å². The number of nitrogens with one attached hydrogen (secondary N) is 1. The molecule has 106 valence electrons. The van der Waals surface area contributed by atoms with Gasteiger partial charge in [0.15, 0.2) is 0 Å². The van der Waals surface area contributed by atoms with Crippen LogP contribution in [0.2, 0.25) is 0 Å². The quantitative estimate of drug-likeness (QED) is 0.723. The number of aromatic amines is 1. The molecule has 0 amide bonds. The van der Waals surface area contributed by atoms with Crippen molar-refractivity contribution in [3.63, 3.8) is 0 Å². The van der Waals surface area contributed by atoms with Crippen molar-refractivity contribution >= 4 is 17.6 Å². The monoisotopic (exact) mass is 300 g/mol. The number of thiazole rings is 1. The van der Waals surface area contributed by atoms with Crippen molar-refractivity contribution < 1.29 is 4.39 Å². The molecule has 1 N–H and O–H groups in total. The van der Waals surface area contributed by atoms with Crippen molar-refractivity contribution in [3.05, 3.63) is 64.3 Å². The highest BCUT2D eigenvalue weighted by molar-refractivity contribution is 7.07. The van der Waals surface area contributed by atoms with Crippen LogP contribution >= 0.6 is 11.3 Å². The van der Waals surface area contributed by atoms with Crippen molar-refractivity contribution in [1.82, 2.24) is 9.66 Å². The maximum atomic E-state index is 14.0. The van der Waals surface area contributed by atoms with Gasteiger partial charge in [-0.1, -0.05) is 12.1 Å². The van der Waals surface area contributed by atoms with Gasteiger partial charge in [-0.3, -0.25) is 4.99 Å². The van der Waals surface area contributed by atoms with E-state index in [1.54, 1.807) is 36.1 Å². The predicted molar refractivity (Wildman–Crippen MR) is 83.0 cm³/mol. The molecule has 3 rings (SSSR count). The van der Waals surface area contributed by atoms with E-state index >= 15 is 0 Å². The number of rotatable bonds is 3. The van der Waals surface area contributed by atoms with Crippen molar-refractivity contribution in [3.8, 4) is 11.3 Å². The molecule has 0 saturated carbocycles. The maximum Gasteiger partial charge on any atom is 0.205 e. The number of nitrogens with zero attached hydrogens (tertiary/aromatic N) is 3. The Morgan fingerprint density at radius 2 is 2.10 bits per heavy atom. The van der Waals surface area contributed by atoms with E-state index in [4.69, 9.17) is 0 Å². The van der Waals surface area contributed by atoms with Gasteiger partial charge < -0.3 is 4.98 Å². The highest BCUT2D eigenvalue weighted by atomic mass is 32.1. The van der Waals surface area contributed by atoms with Gasteiger partial charge in [-0.25, -0.2) is 9.07 Å². The van der Waals surface area contributed by atoms with E-state index in [1.807, 2.05) is 23.7 Å². The molecule has 21 heavy (non-hydrogen) atoms. The third-order valence-corrected chi connectivity index (χ3v) is 3.87. The van der Waals surface area contributed by atoms with Crippen LogP contribution in [-0.4, -0.2) is 22.9 Å². The van der Waals surface area contributed by atoms with Gasteiger partial charge in [0, 0.05) is 24.2 Å². The van der Waals surface area contributed by atoms with E-state index < -0.39 is 0 Å². The molecule has 0 bridgehead atoms. The van der Waals surface area contributed by atoms with E-state index in [1.165, 1.54) is 17.4 Å². The Hall–Kier alpha value is -2.47. The third-order valence-electron chi connectivity index (χ3n) is 2.96. The zero-order valence-electron chi connectivity index (χ0n) is 11.3. The van der Waals surface area contributed by atoms with E-state index in [-0.39, 0.29) is 5.82 Å². The van der Waals surface area contributed by atoms with Gasteiger partial charge in [0.2, 0.25) is 4.80 Å². The summed E-state index contributed by atoms with van der Waals surface area (Å²) in [4.78, 5) is 7.93. The molecule has 0 unspecified atom stereocenters. The second-order valence-electron chi connectivity index (χ2n) is 4.29. The van der Waals surface area contributed by atoms with Crippen LogP contribution in [0.15, 0.2) is 58.1 Å². The van der Waals surface area contributed by atoms with Crippen LogP contribution < -0.4 is 4.80 Å². The first-order valence-corrected chi connectivity index (χ1v) is 7.23. The Kier molecular flexibility index (Phi) is 3.79. The first-order chi connectivity index (χ1) is 10.3. The first kappa shape index (κ1) is 13.5. The van der Waals surface area contributed by atoms with Crippen molar-refractivity contribution in [2.45, 2.75) is 0 Å². The third kappa shape index (κ3) is 2.71. The van der Waals surface area contributed by atoms with Crippen LogP contribution in [0.25, 0.3) is 11.3 Å². The number of H-pyrrole nitrogens is 1. The van der Waals surface area contributed by atoms with Crippen LogP contribution in [0.5, 0.6) is 0 Å². The zero-order valence-corrected chi connectivity index (χ0v) is 12.1. The number of hydrogen-bond acceptors (Lipinski definition) is 3. The van der Waals surface area contributed by atoms with E-state index in [2.05, 4.69) is 15.1 Å². The van der Waals surface area contributed by atoms with Crippen molar-refractivity contribution in [1.29, 1.82) is 0 Å². The average Bonchev–Trinajstić information content (AvgIpc) is 3.14. The van der Waals surface area contributed by atoms with Crippen LogP contribution in [0, 0.1) is 5.82 Å². The molecule has 0 radical (unpaired) electrons. The molecule has 0 aliphatic rings. The molecule has 2 aromatic heterocycles. The minimum atomic E-state index is -0.276. The summed E-state index contributed by atoms with van der Waals surface area (Å²) < 4.78 is 15.6. The summed E-state index contributed by atoms with van der Waals surface area (Å²) in [7, 11) is 1.69. The molecule has 0 aliphatic carbocycles. The fraction of sp³-hybridized carbons (Fsp3) is 0.0667. The zero-order chi connectivity index (χ0) is 14.7. The second-order valence-corrected chi connectivity index (χ2v) is 5.13. The number of hydrogen-bond donors (Lipinski definition) is 1. The summed E-state index contributed by atoms with van der Waals surface area (Å²) in [5.74, 6) is -0.276. The topological polar surface area (TPSA) is 45.4 Å². The minimum absolute atomic E-state index is 0.276. The lowest BCUT2D eigenvalue weighted by atomic mass is 10.1. The average molecular weight is 300 g/mol. The van der Waals surface area contributed by atoms with Gasteiger partial charge >= 0.3 is 0 Å². The first-order valence-electron chi connectivity index (χ1n) is 6.35. The summed E-state index contributed by atoms with van der Waals surface area (Å²) in [5, 5.41) is 6.26. The molecule has 0 fully saturated rings. The van der Waals surface area contributed by atoms with Gasteiger partial charge in [0.25, 0.3) is 0 Å². The minimum Gasteiger partial charge on any atom is -0.360 e. The van der Waals surface area contributed by atoms with Crippen LogP contribution in [0.1, 0.15) is 5.69 Å². The number of aromatic nitrogens is 2. The number of halogens is 1. The highest BCUT2D eigenvalue weighted by Crippen LogP contribution is 2.23. The summed E-state index contributed by atoms with van der Waals surface area (Å²) in [6, 6.07) is 10.4. The van der Waals surface area contributed by atoms with Gasteiger partial charge in [-0.2, -0.15) is 5.10 Å². The fourth-order valence-electron chi connectivity index (χ4n) is 1.96. The summed E-state index contributed by atoms with van der Waals surface area (Å²) >= 11 is 1.42. The number of benzene rings is 1. The molecule has 0 aliphatic heterocycles.